The smallest absolute Gasteiger partial charge is 0.166 e. The van der Waals surface area contributed by atoms with E-state index in [1.54, 1.807) is 6.07 Å². The highest BCUT2D eigenvalue weighted by Gasteiger charge is 2.36. The Morgan fingerprint density at radius 2 is 1.54 bits per heavy atom. The standard InChI is InChI=1S/C34H23Cl2F3/c35-32-16-15-28(33(36)31(32)20-25-11-5-10-21-7-3-4-14-27(21)25)30-19-23-9-2-1-8-22(23)18-29(30)24-12-6-13-26(17-24)34(37,38)39/h1-17,29-30H,19-20H2. The molecule has 2 atom stereocenters. The summed E-state index contributed by atoms with van der Waals surface area (Å²) in [6.45, 7) is 0. The average Bonchev–Trinajstić information content (AvgIpc) is 2.94. The van der Waals surface area contributed by atoms with Crippen molar-refractivity contribution in [3.05, 3.63) is 159 Å². The van der Waals surface area contributed by atoms with Crippen molar-refractivity contribution in [2.24, 2.45) is 0 Å². The third kappa shape index (κ3) is 5.06. The maximum atomic E-state index is 13.6. The molecule has 0 saturated carbocycles. The number of benzene rings is 5. The summed E-state index contributed by atoms with van der Waals surface area (Å²) in [5, 5.41) is 3.39. The normalized spacial score (nSPS) is 17.3. The van der Waals surface area contributed by atoms with Crippen LogP contribution in [0, 0.1) is 6.42 Å². The minimum atomic E-state index is -4.43. The van der Waals surface area contributed by atoms with Crippen molar-refractivity contribution in [1.82, 2.24) is 0 Å². The zero-order valence-corrected chi connectivity index (χ0v) is 22.3. The Bertz CT molecular complexity index is 1670. The van der Waals surface area contributed by atoms with Crippen molar-refractivity contribution < 1.29 is 13.2 Å². The van der Waals surface area contributed by atoms with E-state index in [-0.39, 0.29) is 5.92 Å². The average molecular weight is 559 g/mol. The van der Waals surface area contributed by atoms with E-state index in [0.29, 0.717) is 28.5 Å². The predicted octanol–water partition coefficient (Wildman–Crippen LogP) is 10.3. The fraction of sp³-hybridized carbons (Fsp3) is 0.147. The maximum Gasteiger partial charge on any atom is 0.416 e. The summed E-state index contributed by atoms with van der Waals surface area (Å²) in [6, 6.07) is 31.6. The second-order valence-corrected chi connectivity index (χ2v) is 10.7. The van der Waals surface area contributed by atoms with Crippen LogP contribution in [0.3, 0.4) is 0 Å². The Kier molecular flexibility index (Phi) is 6.91. The summed E-state index contributed by atoms with van der Waals surface area (Å²) >= 11 is 13.9. The second kappa shape index (κ2) is 10.4. The Labute approximate surface area is 236 Å². The molecule has 5 heteroatoms. The third-order valence-corrected chi connectivity index (χ3v) is 8.41. The second-order valence-electron chi connectivity index (χ2n) is 9.96. The molecule has 0 fully saturated rings. The molecular formula is C34H23Cl2F3. The molecule has 1 aliphatic rings. The summed E-state index contributed by atoms with van der Waals surface area (Å²) < 4.78 is 40.9. The van der Waals surface area contributed by atoms with Crippen LogP contribution in [0.15, 0.2) is 103 Å². The summed E-state index contributed by atoms with van der Waals surface area (Å²) in [6.07, 6.45) is 0.251. The van der Waals surface area contributed by atoms with Crippen LogP contribution in [0.25, 0.3) is 10.8 Å². The third-order valence-electron chi connectivity index (χ3n) is 7.61. The van der Waals surface area contributed by atoms with Crippen molar-refractivity contribution in [2.45, 2.75) is 30.9 Å². The first kappa shape index (κ1) is 26.0. The first-order valence-corrected chi connectivity index (χ1v) is 13.5. The highest BCUT2D eigenvalue weighted by atomic mass is 35.5. The van der Waals surface area contributed by atoms with Crippen molar-refractivity contribution in [3.8, 4) is 0 Å². The molecule has 0 aliphatic heterocycles. The van der Waals surface area contributed by atoms with Gasteiger partial charge in [-0.1, -0.05) is 114 Å². The van der Waals surface area contributed by atoms with Gasteiger partial charge in [-0.2, -0.15) is 13.2 Å². The largest absolute Gasteiger partial charge is 0.416 e. The van der Waals surface area contributed by atoms with Gasteiger partial charge >= 0.3 is 6.18 Å². The minimum absolute atomic E-state index is 0.209. The van der Waals surface area contributed by atoms with Gasteiger partial charge in [0.1, 0.15) is 0 Å². The molecule has 2 unspecified atom stereocenters. The van der Waals surface area contributed by atoms with Gasteiger partial charge in [-0.25, -0.2) is 0 Å². The predicted molar refractivity (Wildman–Crippen MR) is 153 cm³/mol. The number of halogens is 5. The molecule has 0 saturated heterocycles. The number of alkyl halides is 3. The van der Waals surface area contributed by atoms with Crippen LogP contribution in [-0.2, 0) is 19.0 Å². The monoisotopic (exact) mass is 558 g/mol. The fourth-order valence-electron chi connectivity index (χ4n) is 5.68. The Morgan fingerprint density at radius 3 is 2.38 bits per heavy atom. The van der Waals surface area contributed by atoms with Gasteiger partial charge in [0.2, 0.25) is 0 Å². The zero-order chi connectivity index (χ0) is 27.1. The van der Waals surface area contributed by atoms with Crippen molar-refractivity contribution in [1.29, 1.82) is 0 Å². The Hall–Kier alpha value is -3.27. The molecule has 0 heterocycles. The van der Waals surface area contributed by atoms with Crippen LogP contribution >= 0.6 is 23.2 Å². The van der Waals surface area contributed by atoms with Gasteiger partial charge < -0.3 is 0 Å². The van der Waals surface area contributed by atoms with Crippen LogP contribution in [-0.4, -0.2) is 0 Å². The van der Waals surface area contributed by atoms with Crippen LogP contribution in [0.1, 0.15) is 50.8 Å². The van der Waals surface area contributed by atoms with Gasteiger partial charge in [0.15, 0.2) is 0 Å². The van der Waals surface area contributed by atoms with E-state index < -0.39 is 17.7 Å². The van der Waals surface area contributed by atoms with Gasteiger partial charge in [-0.05, 0) is 68.6 Å². The molecule has 2 radical (unpaired) electrons. The molecule has 194 valence electrons. The molecule has 0 spiro atoms. The Morgan fingerprint density at radius 1 is 0.795 bits per heavy atom. The molecule has 6 rings (SSSR count). The number of fused-ring (bicyclic) bond motifs is 2. The number of rotatable bonds is 4. The molecule has 1 aliphatic carbocycles. The summed E-state index contributed by atoms with van der Waals surface area (Å²) in [4.78, 5) is 0. The summed E-state index contributed by atoms with van der Waals surface area (Å²) in [5.41, 5.74) is 4.68. The van der Waals surface area contributed by atoms with Crippen molar-refractivity contribution in [2.75, 3.05) is 0 Å². The van der Waals surface area contributed by atoms with Crippen LogP contribution in [0.5, 0.6) is 0 Å². The SMILES string of the molecule is FC(F)(F)c1cccc(C2[C]c3ccccc3CC2c2ccc(Cl)c(Cc3cccc4ccccc34)c2Cl)c1. The highest BCUT2D eigenvalue weighted by molar-refractivity contribution is 6.36. The lowest BCUT2D eigenvalue weighted by Gasteiger charge is -2.34. The van der Waals surface area contributed by atoms with E-state index >= 15 is 0 Å². The number of hydrogen-bond donors (Lipinski definition) is 0. The lowest BCUT2D eigenvalue weighted by Crippen LogP contribution is -2.22. The molecule has 0 aromatic heterocycles. The van der Waals surface area contributed by atoms with E-state index in [4.69, 9.17) is 23.2 Å². The van der Waals surface area contributed by atoms with Crippen LogP contribution < -0.4 is 0 Å². The van der Waals surface area contributed by atoms with E-state index in [0.717, 1.165) is 44.7 Å². The number of hydrogen-bond acceptors (Lipinski definition) is 0. The van der Waals surface area contributed by atoms with E-state index in [1.807, 2.05) is 54.6 Å². The molecule has 5 aromatic carbocycles. The van der Waals surface area contributed by atoms with E-state index in [9.17, 15) is 13.2 Å². The first-order valence-electron chi connectivity index (χ1n) is 12.7. The topological polar surface area (TPSA) is 0 Å². The van der Waals surface area contributed by atoms with Gasteiger partial charge in [-0.15, -0.1) is 0 Å². The lowest BCUT2D eigenvalue weighted by molar-refractivity contribution is -0.137. The van der Waals surface area contributed by atoms with Gasteiger partial charge in [0, 0.05) is 28.8 Å². The summed E-state index contributed by atoms with van der Waals surface area (Å²) in [5.74, 6) is -0.620. The van der Waals surface area contributed by atoms with E-state index in [1.165, 1.54) is 12.1 Å². The van der Waals surface area contributed by atoms with Gasteiger partial charge in [0.05, 0.1) is 5.56 Å². The molecule has 0 amide bonds. The fourth-order valence-corrected chi connectivity index (χ4v) is 6.32. The van der Waals surface area contributed by atoms with Gasteiger partial charge in [-0.3, -0.25) is 0 Å². The first-order chi connectivity index (χ1) is 18.8. The Balaban J connectivity index is 1.45. The quantitative estimate of drug-likeness (QED) is 0.206. The maximum absolute atomic E-state index is 13.6. The minimum Gasteiger partial charge on any atom is -0.166 e. The molecule has 0 N–H and O–H groups in total. The molecule has 0 nitrogen and oxygen atoms in total. The molecule has 5 aromatic rings. The lowest BCUT2D eigenvalue weighted by atomic mass is 9.69. The zero-order valence-electron chi connectivity index (χ0n) is 20.8. The van der Waals surface area contributed by atoms with Crippen molar-refractivity contribution in [3.63, 3.8) is 0 Å². The highest BCUT2D eigenvalue weighted by Crippen LogP contribution is 2.48. The van der Waals surface area contributed by atoms with Crippen LogP contribution in [0.4, 0.5) is 13.2 Å². The van der Waals surface area contributed by atoms with Crippen LogP contribution in [0.2, 0.25) is 10.0 Å². The van der Waals surface area contributed by atoms with Crippen molar-refractivity contribution >= 4 is 34.0 Å². The molecular weight excluding hydrogens is 536 g/mol. The van der Waals surface area contributed by atoms with E-state index in [2.05, 4.69) is 30.7 Å². The molecule has 0 bridgehead atoms. The summed E-state index contributed by atoms with van der Waals surface area (Å²) in [7, 11) is 0. The van der Waals surface area contributed by atoms with Gasteiger partial charge in [0.25, 0.3) is 0 Å². The molecule has 39 heavy (non-hydrogen) atoms.